The van der Waals surface area contributed by atoms with E-state index in [1.165, 1.54) is 11.1 Å². The molecule has 1 aliphatic carbocycles. The summed E-state index contributed by atoms with van der Waals surface area (Å²) in [5, 5.41) is 10.6. The van der Waals surface area contributed by atoms with Crippen LogP contribution in [0.3, 0.4) is 0 Å². The molecule has 1 aliphatic rings. The standard InChI is InChI=1S/C22H24N2O2/c25-13-12-24(21-11-5-8-16-6-1-3-9-19(16)21)15-18-14-17-7-2-4-10-20(17)23-22(18)26/h1-4,6-7,9-10,14,21,25H,5,8,11-13,15H2,(H,23,26)/t21-/m1/s1. The van der Waals surface area contributed by atoms with Crippen LogP contribution in [0.4, 0.5) is 0 Å². The Morgan fingerprint density at radius 1 is 1.12 bits per heavy atom. The van der Waals surface area contributed by atoms with Gasteiger partial charge in [-0.3, -0.25) is 9.69 Å². The third-order valence-corrected chi connectivity index (χ3v) is 5.37. The lowest BCUT2D eigenvalue weighted by Crippen LogP contribution is -2.35. The smallest absolute Gasteiger partial charge is 0.252 e. The normalized spacial score (nSPS) is 16.8. The fourth-order valence-corrected chi connectivity index (χ4v) is 4.11. The lowest BCUT2D eigenvalue weighted by Gasteiger charge is -2.35. The number of nitrogens with zero attached hydrogens (tertiary/aromatic N) is 1. The summed E-state index contributed by atoms with van der Waals surface area (Å²) in [6.07, 6.45) is 3.30. The fourth-order valence-electron chi connectivity index (χ4n) is 4.11. The number of H-pyrrole nitrogens is 1. The maximum Gasteiger partial charge on any atom is 0.252 e. The van der Waals surface area contributed by atoms with E-state index in [0.29, 0.717) is 13.1 Å². The predicted molar refractivity (Wildman–Crippen MR) is 104 cm³/mol. The first-order valence-electron chi connectivity index (χ1n) is 9.30. The van der Waals surface area contributed by atoms with Gasteiger partial charge in [-0.05, 0) is 47.9 Å². The molecule has 0 amide bonds. The maximum absolute atomic E-state index is 12.6. The lowest BCUT2D eigenvalue weighted by molar-refractivity contribution is 0.131. The summed E-state index contributed by atoms with van der Waals surface area (Å²) < 4.78 is 0. The molecule has 1 atom stereocenters. The van der Waals surface area contributed by atoms with Crippen LogP contribution in [0, 0.1) is 0 Å². The molecule has 4 rings (SSSR count). The van der Waals surface area contributed by atoms with Gasteiger partial charge in [0, 0.05) is 30.2 Å². The van der Waals surface area contributed by atoms with Gasteiger partial charge in [-0.15, -0.1) is 0 Å². The van der Waals surface area contributed by atoms with Crippen molar-refractivity contribution in [1.82, 2.24) is 9.88 Å². The highest BCUT2D eigenvalue weighted by Crippen LogP contribution is 2.34. The molecule has 0 fully saturated rings. The number of aliphatic hydroxyl groups is 1. The highest BCUT2D eigenvalue weighted by Gasteiger charge is 2.26. The first-order valence-corrected chi connectivity index (χ1v) is 9.30. The molecule has 134 valence electrons. The van der Waals surface area contributed by atoms with Crippen molar-refractivity contribution < 1.29 is 5.11 Å². The zero-order valence-electron chi connectivity index (χ0n) is 14.8. The van der Waals surface area contributed by atoms with Crippen LogP contribution in [-0.4, -0.2) is 28.1 Å². The molecular formula is C22H24N2O2. The summed E-state index contributed by atoms with van der Waals surface area (Å²) >= 11 is 0. The number of hydrogen-bond acceptors (Lipinski definition) is 3. The average molecular weight is 348 g/mol. The largest absolute Gasteiger partial charge is 0.395 e. The van der Waals surface area contributed by atoms with Crippen LogP contribution < -0.4 is 5.56 Å². The van der Waals surface area contributed by atoms with Crippen LogP contribution >= 0.6 is 0 Å². The quantitative estimate of drug-likeness (QED) is 0.743. The van der Waals surface area contributed by atoms with Gasteiger partial charge in [-0.25, -0.2) is 0 Å². The van der Waals surface area contributed by atoms with E-state index in [-0.39, 0.29) is 18.2 Å². The number of rotatable bonds is 5. The van der Waals surface area contributed by atoms with Crippen LogP contribution in [-0.2, 0) is 13.0 Å². The van der Waals surface area contributed by atoms with Gasteiger partial charge in [-0.1, -0.05) is 42.5 Å². The summed E-state index contributed by atoms with van der Waals surface area (Å²) in [6, 6.07) is 18.6. The Hall–Kier alpha value is -2.43. The van der Waals surface area contributed by atoms with Gasteiger partial charge >= 0.3 is 0 Å². The molecule has 2 N–H and O–H groups in total. The number of nitrogens with one attached hydrogen (secondary N) is 1. The Morgan fingerprint density at radius 3 is 2.81 bits per heavy atom. The van der Waals surface area contributed by atoms with Crippen molar-refractivity contribution >= 4 is 10.9 Å². The monoisotopic (exact) mass is 348 g/mol. The van der Waals surface area contributed by atoms with Gasteiger partial charge in [0.25, 0.3) is 5.56 Å². The zero-order valence-corrected chi connectivity index (χ0v) is 14.8. The molecule has 2 aromatic carbocycles. The molecule has 4 nitrogen and oxygen atoms in total. The van der Waals surface area contributed by atoms with Crippen LogP contribution in [0.5, 0.6) is 0 Å². The van der Waals surface area contributed by atoms with Gasteiger partial charge in [-0.2, -0.15) is 0 Å². The highest BCUT2D eigenvalue weighted by molar-refractivity contribution is 5.78. The molecular weight excluding hydrogens is 324 g/mol. The molecule has 1 heterocycles. The van der Waals surface area contributed by atoms with Crippen molar-refractivity contribution in [2.24, 2.45) is 0 Å². The van der Waals surface area contributed by atoms with Crippen molar-refractivity contribution in [3.05, 3.63) is 81.6 Å². The molecule has 4 heteroatoms. The van der Waals surface area contributed by atoms with E-state index in [1.807, 2.05) is 30.3 Å². The van der Waals surface area contributed by atoms with Crippen molar-refractivity contribution in [3.8, 4) is 0 Å². The van der Waals surface area contributed by atoms with Crippen LogP contribution in [0.15, 0.2) is 59.4 Å². The lowest BCUT2D eigenvalue weighted by atomic mass is 9.86. The number of pyridine rings is 1. The minimum absolute atomic E-state index is 0.0456. The van der Waals surface area contributed by atoms with Crippen molar-refractivity contribution in [2.45, 2.75) is 31.8 Å². The molecule has 0 saturated heterocycles. The van der Waals surface area contributed by atoms with Crippen LogP contribution in [0.2, 0.25) is 0 Å². The second kappa shape index (κ2) is 7.44. The van der Waals surface area contributed by atoms with E-state index in [4.69, 9.17) is 0 Å². The molecule has 26 heavy (non-hydrogen) atoms. The van der Waals surface area contributed by atoms with Gasteiger partial charge in [0.2, 0.25) is 0 Å². The third-order valence-electron chi connectivity index (χ3n) is 5.37. The number of para-hydroxylation sites is 1. The molecule has 0 unspecified atom stereocenters. The molecule has 0 aliphatic heterocycles. The zero-order chi connectivity index (χ0) is 17.9. The third kappa shape index (κ3) is 3.30. The Kier molecular flexibility index (Phi) is 4.87. The average Bonchev–Trinajstić information content (AvgIpc) is 2.67. The predicted octanol–water partition coefficient (Wildman–Crippen LogP) is 3.40. The van der Waals surface area contributed by atoms with Crippen molar-refractivity contribution in [3.63, 3.8) is 0 Å². The SMILES string of the molecule is O=c1[nH]c2ccccc2cc1CN(CCO)[C@@H]1CCCc2ccccc21. The molecule has 0 saturated carbocycles. The molecule has 0 spiro atoms. The number of fused-ring (bicyclic) bond motifs is 2. The second-order valence-corrected chi connectivity index (χ2v) is 7.01. The number of aromatic nitrogens is 1. The Bertz CT molecular complexity index is 964. The number of aryl methyl sites for hydroxylation is 1. The summed E-state index contributed by atoms with van der Waals surface area (Å²) in [5.41, 5.74) is 4.29. The van der Waals surface area contributed by atoms with Crippen LogP contribution in [0.25, 0.3) is 10.9 Å². The highest BCUT2D eigenvalue weighted by atomic mass is 16.3. The number of aromatic amines is 1. The first kappa shape index (κ1) is 17.0. The molecule has 3 aromatic rings. The van der Waals surface area contributed by atoms with E-state index >= 15 is 0 Å². The van der Waals surface area contributed by atoms with E-state index in [2.05, 4.69) is 34.1 Å². The summed E-state index contributed by atoms with van der Waals surface area (Å²) in [6.45, 7) is 1.19. The van der Waals surface area contributed by atoms with Crippen molar-refractivity contribution in [1.29, 1.82) is 0 Å². The minimum atomic E-state index is -0.0456. The summed E-state index contributed by atoms with van der Waals surface area (Å²) in [5.74, 6) is 0. The molecule has 0 radical (unpaired) electrons. The second-order valence-electron chi connectivity index (χ2n) is 7.01. The van der Waals surface area contributed by atoms with Crippen LogP contribution in [0.1, 0.15) is 35.6 Å². The number of aliphatic hydroxyl groups excluding tert-OH is 1. The van der Waals surface area contributed by atoms with Gasteiger partial charge in [0.15, 0.2) is 0 Å². The first-order chi connectivity index (χ1) is 12.8. The Morgan fingerprint density at radius 2 is 1.92 bits per heavy atom. The Balaban J connectivity index is 1.68. The van der Waals surface area contributed by atoms with Gasteiger partial charge in [0.05, 0.1) is 6.61 Å². The fraction of sp³-hybridized carbons (Fsp3) is 0.318. The topological polar surface area (TPSA) is 56.3 Å². The van der Waals surface area contributed by atoms with Gasteiger partial charge in [0.1, 0.15) is 0 Å². The maximum atomic E-state index is 12.6. The van der Waals surface area contributed by atoms with E-state index in [0.717, 1.165) is 35.7 Å². The number of benzene rings is 2. The molecule has 1 aromatic heterocycles. The minimum Gasteiger partial charge on any atom is -0.395 e. The summed E-state index contributed by atoms with van der Waals surface area (Å²) in [7, 11) is 0. The Labute approximate surface area is 153 Å². The number of hydrogen-bond donors (Lipinski definition) is 2. The summed E-state index contributed by atoms with van der Waals surface area (Å²) in [4.78, 5) is 17.8. The van der Waals surface area contributed by atoms with Crippen molar-refractivity contribution in [2.75, 3.05) is 13.2 Å². The van der Waals surface area contributed by atoms with Gasteiger partial charge < -0.3 is 10.1 Å². The van der Waals surface area contributed by atoms with E-state index in [9.17, 15) is 9.90 Å². The molecule has 0 bridgehead atoms. The van der Waals surface area contributed by atoms with E-state index in [1.54, 1.807) is 0 Å². The van der Waals surface area contributed by atoms with E-state index < -0.39 is 0 Å².